The van der Waals surface area contributed by atoms with Crippen LogP contribution in [0.25, 0.3) is 5.69 Å². The maximum absolute atomic E-state index is 5.97. The number of nitrogens with zero attached hydrogens (tertiary/aromatic N) is 3. The lowest BCUT2D eigenvalue weighted by molar-refractivity contribution is 0.662. The highest BCUT2D eigenvalue weighted by atomic mass is 35.5. The van der Waals surface area contributed by atoms with Crippen LogP contribution in [0.1, 0.15) is 19.0 Å². The average molecular weight is 285 g/mol. The molecule has 1 aromatic heterocycles. The topological polar surface area (TPSA) is 42.7 Å². The molecular weight excluding hydrogens is 271 g/mol. The SMILES string of the molecule is CCCNCc1cn(-c2ccc(Cl)c(Cl)c2)nn1. The molecule has 1 heterocycles. The van der Waals surface area contributed by atoms with Gasteiger partial charge in [-0.1, -0.05) is 35.3 Å². The fraction of sp³-hybridized carbons (Fsp3) is 0.333. The lowest BCUT2D eigenvalue weighted by Crippen LogP contribution is -2.13. The van der Waals surface area contributed by atoms with Crippen LogP contribution in [0.2, 0.25) is 10.0 Å². The van der Waals surface area contributed by atoms with Gasteiger partial charge < -0.3 is 5.32 Å². The fourth-order valence-electron chi connectivity index (χ4n) is 1.53. The first kappa shape index (κ1) is 13.3. The summed E-state index contributed by atoms with van der Waals surface area (Å²) in [7, 11) is 0. The number of hydrogen-bond donors (Lipinski definition) is 1. The fourth-order valence-corrected chi connectivity index (χ4v) is 1.82. The van der Waals surface area contributed by atoms with E-state index in [1.807, 2.05) is 12.3 Å². The minimum Gasteiger partial charge on any atom is -0.311 e. The number of hydrogen-bond acceptors (Lipinski definition) is 3. The second-order valence-electron chi connectivity index (χ2n) is 3.93. The molecule has 0 spiro atoms. The molecule has 1 N–H and O–H groups in total. The van der Waals surface area contributed by atoms with Crippen LogP contribution in [0.4, 0.5) is 0 Å². The molecule has 0 fully saturated rings. The van der Waals surface area contributed by atoms with E-state index in [-0.39, 0.29) is 0 Å². The molecule has 96 valence electrons. The van der Waals surface area contributed by atoms with Crippen molar-refractivity contribution in [3.63, 3.8) is 0 Å². The van der Waals surface area contributed by atoms with Gasteiger partial charge in [0, 0.05) is 6.54 Å². The summed E-state index contributed by atoms with van der Waals surface area (Å²) in [6.07, 6.45) is 2.98. The quantitative estimate of drug-likeness (QED) is 0.858. The van der Waals surface area contributed by atoms with Crippen molar-refractivity contribution in [1.82, 2.24) is 20.3 Å². The van der Waals surface area contributed by atoms with Crippen LogP contribution < -0.4 is 5.32 Å². The Morgan fingerprint density at radius 3 is 2.83 bits per heavy atom. The zero-order valence-corrected chi connectivity index (χ0v) is 11.5. The van der Waals surface area contributed by atoms with E-state index in [4.69, 9.17) is 23.2 Å². The summed E-state index contributed by atoms with van der Waals surface area (Å²) in [5.74, 6) is 0. The van der Waals surface area contributed by atoms with Crippen LogP contribution in [-0.4, -0.2) is 21.5 Å². The standard InChI is InChI=1S/C12H14Cl2N4/c1-2-5-15-7-9-8-18(17-16-9)10-3-4-11(13)12(14)6-10/h3-4,6,8,15H,2,5,7H2,1H3. The van der Waals surface area contributed by atoms with Crippen molar-refractivity contribution >= 4 is 23.2 Å². The summed E-state index contributed by atoms with van der Waals surface area (Å²) in [6.45, 7) is 3.81. The average Bonchev–Trinajstić information content (AvgIpc) is 2.82. The molecule has 0 saturated carbocycles. The first-order valence-electron chi connectivity index (χ1n) is 5.78. The highest BCUT2D eigenvalue weighted by Gasteiger charge is 2.04. The molecule has 0 radical (unpaired) electrons. The first-order valence-corrected chi connectivity index (χ1v) is 6.53. The van der Waals surface area contributed by atoms with Crippen LogP contribution in [0, 0.1) is 0 Å². The van der Waals surface area contributed by atoms with E-state index in [1.54, 1.807) is 16.8 Å². The Kier molecular flexibility index (Phi) is 4.58. The molecule has 0 amide bonds. The molecule has 0 saturated heterocycles. The van der Waals surface area contributed by atoms with Gasteiger partial charge in [0.2, 0.25) is 0 Å². The van der Waals surface area contributed by atoms with E-state index in [9.17, 15) is 0 Å². The number of benzene rings is 1. The predicted molar refractivity (Wildman–Crippen MR) is 73.4 cm³/mol. The van der Waals surface area contributed by atoms with E-state index in [2.05, 4.69) is 22.6 Å². The van der Waals surface area contributed by atoms with E-state index in [0.29, 0.717) is 10.0 Å². The summed E-state index contributed by atoms with van der Waals surface area (Å²) in [5.41, 5.74) is 1.74. The Bertz CT molecular complexity index is 525. The smallest absolute Gasteiger partial charge is 0.0969 e. The predicted octanol–water partition coefficient (Wildman–Crippen LogP) is 3.07. The minimum atomic E-state index is 0.510. The molecule has 0 unspecified atom stereocenters. The summed E-state index contributed by atoms with van der Waals surface area (Å²) < 4.78 is 1.69. The Hall–Kier alpha value is -1.10. The third kappa shape index (κ3) is 3.22. The van der Waals surface area contributed by atoms with Gasteiger partial charge in [0.25, 0.3) is 0 Å². The molecule has 0 aliphatic heterocycles. The van der Waals surface area contributed by atoms with Gasteiger partial charge >= 0.3 is 0 Å². The van der Waals surface area contributed by atoms with E-state index < -0.39 is 0 Å². The van der Waals surface area contributed by atoms with Gasteiger partial charge in [-0.2, -0.15) is 0 Å². The van der Waals surface area contributed by atoms with Gasteiger partial charge in [-0.3, -0.25) is 0 Å². The minimum absolute atomic E-state index is 0.510. The zero-order valence-electron chi connectivity index (χ0n) is 10.0. The summed E-state index contributed by atoms with van der Waals surface area (Å²) in [4.78, 5) is 0. The van der Waals surface area contributed by atoms with Gasteiger partial charge in [-0.25, -0.2) is 4.68 Å². The second-order valence-corrected chi connectivity index (χ2v) is 4.74. The molecule has 0 atom stereocenters. The Morgan fingerprint density at radius 1 is 1.28 bits per heavy atom. The van der Waals surface area contributed by atoms with E-state index >= 15 is 0 Å². The molecule has 0 bridgehead atoms. The molecule has 18 heavy (non-hydrogen) atoms. The normalized spacial score (nSPS) is 10.8. The monoisotopic (exact) mass is 284 g/mol. The Balaban J connectivity index is 2.11. The number of rotatable bonds is 5. The van der Waals surface area contributed by atoms with Gasteiger partial charge in [0.05, 0.1) is 27.6 Å². The van der Waals surface area contributed by atoms with Crippen molar-refractivity contribution in [2.45, 2.75) is 19.9 Å². The summed E-state index contributed by atoms with van der Waals surface area (Å²) in [6, 6.07) is 5.36. The van der Waals surface area contributed by atoms with Gasteiger partial charge in [0.15, 0.2) is 0 Å². The van der Waals surface area contributed by atoms with E-state index in [1.165, 1.54) is 0 Å². The molecule has 0 aliphatic rings. The lowest BCUT2D eigenvalue weighted by Gasteiger charge is -2.01. The Morgan fingerprint density at radius 2 is 2.11 bits per heavy atom. The molecule has 2 rings (SSSR count). The molecule has 2 aromatic rings. The van der Waals surface area contributed by atoms with E-state index in [0.717, 1.165) is 30.9 Å². The maximum atomic E-state index is 5.97. The van der Waals surface area contributed by atoms with Crippen LogP contribution in [0.5, 0.6) is 0 Å². The first-order chi connectivity index (χ1) is 8.70. The van der Waals surface area contributed by atoms with Crippen molar-refractivity contribution < 1.29 is 0 Å². The largest absolute Gasteiger partial charge is 0.311 e. The number of nitrogens with one attached hydrogen (secondary N) is 1. The van der Waals surface area contributed by atoms with Crippen molar-refractivity contribution in [2.75, 3.05) is 6.54 Å². The lowest BCUT2D eigenvalue weighted by atomic mass is 10.3. The number of halogens is 2. The van der Waals surface area contributed by atoms with Crippen molar-refractivity contribution in [1.29, 1.82) is 0 Å². The zero-order chi connectivity index (χ0) is 13.0. The third-order valence-electron chi connectivity index (χ3n) is 2.44. The highest BCUT2D eigenvalue weighted by molar-refractivity contribution is 6.42. The van der Waals surface area contributed by atoms with Gasteiger partial charge in [-0.05, 0) is 31.2 Å². The molecule has 4 nitrogen and oxygen atoms in total. The highest BCUT2D eigenvalue weighted by Crippen LogP contribution is 2.24. The van der Waals surface area contributed by atoms with Crippen LogP contribution in [-0.2, 0) is 6.54 Å². The van der Waals surface area contributed by atoms with Crippen LogP contribution in [0.15, 0.2) is 24.4 Å². The number of aromatic nitrogens is 3. The Labute approximate surface area is 116 Å². The molecule has 6 heteroatoms. The maximum Gasteiger partial charge on any atom is 0.0969 e. The van der Waals surface area contributed by atoms with Crippen LogP contribution in [0.3, 0.4) is 0 Å². The summed E-state index contributed by atoms with van der Waals surface area (Å²) in [5, 5.41) is 12.5. The van der Waals surface area contributed by atoms with Crippen molar-refractivity contribution in [3.05, 3.63) is 40.1 Å². The molecule has 0 aliphatic carbocycles. The van der Waals surface area contributed by atoms with Gasteiger partial charge in [-0.15, -0.1) is 5.10 Å². The molecular formula is C12H14Cl2N4. The van der Waals surface area contributed by atoms with Crippen molar-refractivity contribution in [2.24, 2.45) is 0 Å². The van der Waals surface area contributed by atoms with Crippen molar-refractivity contribution in [3.8, 4) is 5.69 Å². The van der Waals surface area contributed by atoms with Gasteiger partial charge in [0.1, 0.15) is 0 Å². The second kappa shape index (κ2) is 6.18. The third-order valence-corrected chi connectivity index (χ3v) is 3.18. The summed E-state index contributed by atoms with van der Waals surface area (Å²) >= 11 is 11.8. The molecule has 1 aromatic carbocycles. The van der Waals surface area contributed by atoms with Crippen LogP contribution >= 0.6 is 23.2 Å².